The molecule has 0 aliphatic carbocycles. The van der Waals surface area contributed by atoms with Crippen LogP contribution in [-0.4, -0.2) is 19.0 Å². The molecule has 0 unspecified atom stereocenters. The molecule has 3 rings (SSSR count). The van der Waals surface area contributed by atoms with Crippen LogP contribution >= 0.6 is 0 Å². The van der Waals surface area contributed by atoms with E-state index in [0.717, 1.165) is 35.3 Å². The van der Waals surface area contributed by atoms with Crippen LogP contribution in [0.25, 0.3) is 0 Å². The third-order valence-corrected chi connectivity index (χ3v) is 5.10. The Morgan fingerprint density at radius 1 is 1.00 bits per heavy atom. The fraction of sp³-hybridized carbons (Fsp3) is 0.409. The fourth-order valence-electron chi connectivity index (χ4n) is 3.46. The number of hydrogen-bond acceptors (Lipinski definition) is 2. The van der Waals surface area contributed by atoms with Gasteiger partial charge in [-0.05, 0) is 69.4 Å². The number of anilines is 1. The van der Waals surface area contributed by atoms with Gasteiger partial charge in [0.1, 0.15) is 0 Å². The normalized spacial score (nSPS) is 15.7. The van der Waals surface area contributed by atoms with Gasteiger partial charge >= 0.3 is 0 Å². The van der Waals surface area contributed by atoms with Crippen LogP contribution in [0.3, 0.4) is 0 Å². The van der Waals surface area contributed by atoms with Crippen LogP contribution in [0, 0.1) is 13.8 Å². The average Bonchev–Trinajstić information content (AvgIpc) is 2.64. The third-order valence-electron chi connectivity index (χ3n) is 5.10. The quantitative estimate of drug-likeness (QED) is 0.871. The Balaban J connectivity index is 1.67. The molecule has 2 aromatic carbocycles. The summed E-state index contributed by atoms with van der Waals surface area (Å²) in [6.07, 6.45) is 3.91. The molecule has 0 aromatic heterocycles. The van der Waals surface area contributed by atoms with Crippen LogP contribution in [0.4, 0.5) is 5.69 Å². The van der Waals surface area contributed by atoms with Gasteiger partial charge in [0, 0.05) is 24.3 Å². The maximum absolute atomic E-state index is 12.6. The van der Waals surface area contributed by atoms with Gasteiger partial charge in [0.15, 0.2) is 0 Å². The topological polar surface area (TPSA) is 32.3 Å². The number of nitrogens with zero attached hydrogens (tertiary/aromatic N) is 1. The van der Waals surface area contributed by atoms with Gasteiger partial charge in [-0.2, -0.15) is 0 Å². The third kappa shape index (κ3) is 4.22. The summed E-state index contributed by atoms with van der Waals surface area (Å²) in [7, 11) is 0. The van der Waals surface area contributed by atoms with Crippen molar-refractivity contribution in [3.63, 3.8) is 0 Å². The summed E-state index contributed by atoms with van der Waals surface area (Å²) >= 11 is 0. The van der Waals surface area contributed by atoms with Crippen molar-refractivity contribution >= 4 is 11.6 Å². The standard InChI is InChI=1S/C22H28N2O/c1-16-7-8-17(2)21(15-16)22(25)23-18(3)19-9-11-20(12-10-19)24-13-5-4-6-14-24/h7-12,15,18H,4-6,13-14H2,1-3H3,(H,23,25)/t18-/m1/s1. The van der Waals surface area contributed by atoms with Crippen molar-refractivity contribution in [3.05, 3.63) is 64.7 Å². The zero-order chi connectivity index (χ0) is 17.8. The molecule has 3 heteroatoms. The van der Waals surface area contributed by atoms with Crippen molar-refractivity contribution in [1.29, 1.82) is 0 Å². The predicted molar refractivity (Wildman–Crippen MR) is 104 cm³/mol. The Hall–Kier alpha value is -2.29. The molecule has 1 amide bonds. The Morgan fingerprint density at radius 3 is 2.36 bits per heavy atom. The molecular weight excluding hydrogens is 308 g/mol. The van der Waals surface area contributed by atoms with E-state index >= 15 is 0 Å². The molecule has 1 heterocycles. The zero-order valence-corrected chi connectivity index (χ0v) is 15.5. The summed E-state index contributed by atoms with van der Waals surface area (Å²) in [4.78, 5) is 15.0. The molecule has 1 N–H and O–H groups in total. The van der Waals surface area contributed by atoms with Crippen LogP contribution in [0.1, 0.15) is 59.3 Å². The first-order chi connectivity index (χ1) is 12.0. The highest BCUT2D eigenvalue weighted by molar-refractivity contribution is 5.96. The molecule has 0 radical (unpaired) electrons. The summed E-state index contributed by atoms with van der Waals surface area (Å²) in [5, 5.41) is 3.13. The number of rotatable bonds is 4. The minimum Gasteiger partial charge on any atom is -0.372 e. The first-order valence-electron chi connectivity index (χ1n) is 9.27. The highest BCUT2D eigenvalue weighted by Crippen LogP contribution is 2.23. The van der Waals surface area contributed by atoms with E-state index in [-0.39, 0.29) is 11.9 Å². The van der Waals surface area contributed by atoms with Gasteiger partial charge in [-0.15, -0.1) is 0 Å². The number of piperidine rings is 1. The monoisotopic (exact) mass is 336 g/mol. The largest absolute Gasteiger partial charge is 0.372 e. The Kier molecular flexibility index (Phi) is 5.42. The molecule has 1 fully saturated rings. The molecule has 1 atom stereocenters. The minimum absolute atomic E-state index is 0.00573. The van der Waals surface area contributed by atoms with E-state index in [2.05, 4.69) is 34.5 Å². The molecule has 25 heavy (non-hydrogen) atoms. The first-order valence-corrected chi connectivity index (χ1v) is 9.27. The number of carbonyl (C=O) groups is 1. The Bertz CT molecular complexity index is 730. The average molecular weight is 336 g/mol. The van der Waals surface area contributed by atoms with E-state index in [9.17, 15) is 4.79 Å². The number of nitrogens with one attached hydrogen (secondary N) is 1. The smallest absolute Gasteiger partial charge is 0.252 e. The van der Waals surface area contributed by atoms with E-state index < -0.39 is 0 Å². The molecule has 0 saturated carbocycles. The number of benzene rings is 2. The molecule has 1 aliphatic heterocycles. The van der Waals surface area contributed by atoms with Gasteiger partial charge in [-0.3, -0.25) is 4.79 Å². The van der Waals surface area contributed by atoms with E-state index in [1.807, 2.05) is 39.0 Å². The number of amides is 1. The number of hydrogen-bond donors (Lipinski definition) is 1. The van der Waals surface area contributed by atoms with E-state index in [1.54, 1.807) is 0 Å². The number of aryl methyl sites for hydroxylation is 2. The lowest BCUT2D eigenvalue weighted by molar-refractivity contribution is 0.0939. The zero-order valence-electron chi connectivity index (χ0n) is 15.5. The van der Waals surface area contributed by atoms with Crippen molar-refractivity contribution < 1.29 is 4.79 Å². The molecule has 1 aliphatic rings. The van der Waals surface area contributed by atoms with Gasteiger partial charge in [-0.1, -0.05) is 29.8 Å². The minimum atomic E-state index is -0.0113. The van der Waals surface area contributed by atoms with Gasteiger partial charge in [-0.25, -0.2) is 0 Å². The summed E-state index contributed by atoms with van der Waals surface area (Å²) in [5.74, 6) is -0.00573. The van der Waals surface area contributed by atoms with E-state index in [1.165, 1.54) is 24.9 Å². The van der Waals surface area contributed by atoms with Crippen molar-refractivity contribution in [3.8, 4) is 0 Å². The molecule has 0 bridgehead atoms. The van der Waals surface area contributed by atoms with Crippen LogP contribution < -0.4 is 10.2 Å². The summed E-state index contributed by atoms with van der Waals surface area (Å²) < 4.78 is 0. The number of carbonyl (C=O) groups excluding carboxylic acids is 1. The molecule has 2 aromatic rings. The van der Waals surface area contributed by atoms with Crippen molar-refractivity contribution in [2.24, 2.45) is 0 Å². The van der Waals surface area contributed by atoms with Crippen molar-refractivity contribution in [1.82, 2.24) is 5.32 Å². The molecule has 1 saturated heterocycles. The fourth-order valence-corrected chi connectivity index (χ4v) is 3.46. The SMILES string of the molecule is Cc1ccc(C)c(C(=O)N[C@H](C)c2ccc(N3CCCCC3)cc2)c1. The second kappa shape index (κ2) is 7.73. The predicted octanol–water partition coefficient (Wildman–Crippen LogP) is 4.78. The molecule has 0 spiro atoms. The van der Waals surface area contributed by atoms with Gasteiger partial charge in [0.25, 0.3) is 5.91 Å². The van der Waals surface area contributed by atoms with Gasteiger partial charge in [0.2, 0.25) is 0 Å². The second-order valence-corrected chi connectivity index (χ2v) is 7.15. The lowest BCUT2D eigenvalue weighted by Gasteiger charge is -2.29. The first kappa shape index (κ1) is 17.5. The highest BCUT2D eigenvalue weighted by atomic mass is 16.1. The van der Waals surface area contributed by atoms with Crippen molar-refractivity contribution in [2.45, 2.75) is 46.1 Å². The maximum Gasteiger partial charge on any atom is 0.252 e. The van der Waals surface area contributed by atoms with Crippen LogP contribution in [0.5, 0.6) is 0 Å². The van der Waals surface area contributed by atoms with Crippen molar-refractivity contribution in [2.75, 3.05) is 18.0 Å². The van der Waals surface area contributed by atoms with Crippen LogP contribution in [0.15, 0.2) is 42.5 Å². The van der Waals surface area contributed by atoms with Gasteiger partial charge in [0.05, 0.1) is 6.04 Å². The van der Waals surface area contributed by atoms with Crippen LogP contribution in [-0.2, 0) is 0 Å². The Morgan fingerprint density at radius 2 is 1.68 bits per heavy atom. The summed E-state index contributed by atoms with van der Waals surface area (Å²) in [6.45, 7) is 8.33. The summed E-state index contributed by atoms with van der Waals surface area (Å²) in [6, 6.07) is 14.6. The lowest BCUT2D eigenvalue weighted by Crippen LogP contribution is -2.29. The Labute approximate surface area is 151 Å². The maximum atomic E-state index is 12.6. The van der Waals surface area contributed by atoms with E-state index in [4.69, 9.17) is 0 Å². The van der Waals surface area contributed by atoms with Crippen LogP contribution in [0.2, 0.25) is 0 Å². The molecular formula is C22H28N2O. The molecule has 132 valence electrons. The lowest BCUT2D eigenvalue weighted by atomic mass is 10.0. The highest BCUT2D eigenvalue weighted by Gasteiger charge is 2.15. The second-order valence-electron chi connectivity index (χ2n) is 7.15. The van der Waals surface area contributed by atoms with E-state index in [0.29, 0.717) is 0 Å². The molecule has 3 nitrogen and oxygen atoms in total. The van der Waals surface area contributed by atoms with Gasteiger partial charge < -0.3 is 10.2 Å². The summed E-state index contributed by atoms with van der Waals surface area (Å²) in [5.41, 5.74) is 5.30.